The SMILES string of the molecule is CCCCCCCCCCC(C=O)C(O)C(F)(F)F. The monoisotopic (exact) mass is 282 g/mol. The molecule has 0 saturated carbocycles. The van der Waals surface area contributed by atoms with E-state index in [0.29, 0.717) is 6.42 Å². The Morgan fingerprint density at radius 2 is 1.47 bits per heavy atom. The largest absolute Gasteiger partial charge is 0.415 e. The van der Waals surface area contributed by atoms with Crippen LogP contribution >= 0.6 is 0 Å². The summed E-state index contributed by atoms with van der Waals surface area (Å²) >= 11 is 0. The second kappa shape index (κ2) is 10.2. The van der Waals surface area contributed by atoms with Crippen LogP contribution in [-0.4, -0.2) is 23.7 Å². The molecule has 0 radical (unpaired) electrons. The summed E-state index contributed by atoms with van der Waals surface area (Å²) in [6.07, 6.45) is 1.35. The van der Waals surface area contributed by atoms with Crippen molar-refractivity contribution in [2.45, 2.75) is 77.0 Å². The predicted molar refractivity (Wildman–Crippen MR) is 68.8 cm³/mol. The molecular weight excluding hydrogens is 257 g/mol. The van der Waals surface area contributed by atoms with Crippen molar-refractivity contribution in [3.63, 3.8) is 0 Å². The molecule has 5 heteroatoms. The fraction of sp³-hybridized carbons (Fsp3) is 0.929. The van der Waals surface area contributed by atoms with Gasteiger partial charge in [-0.05, 0) is 6.42 Å². The van der Waals surface area contributed by atoms with E-state index in [1.165, 1.54) is 19.3 Å². The average molecular weight is 282 g/mol. The Morgan fingerprint density at radius 1 is 1.00 bits per heavy atom. The molecule has 0 fully saturated rings. The van der Waals surface area contributed by atoms with E-state index in [-0.39, 0.29) is 12.7 Å². The molecule has 0 saturated heterocycles. The third-order valence-corrected chi connectivity index (χ3v) is 3.31. The summed E-state index contributed by atoms with van der Waals surface area (Å²) < 4.78 is 36.7. The smallest absolute Gasteiger partial charge is 0.383 e. The maximum atomic E-state index is 12.2. The standard InChI is InChI=1S/C14H25F3O2/c1-2-3-4-5-6-7-8-9-10-12(11-18)13(19)14(15,16)17/h11-13,19H,2-10H2,1H3. The summed E-state index contributed by atoms with van der Waals surface area (Å²) in [5.41, 5.74) is 0. The van der Waals surface area contributed by atoms with Crippen LogP contribution in [-0.2, 0) is 4.79 Å². The molecule has 1 N–H and O–H groups in total. The lowest BCUT2D eigenvalue weighted by Gasteiger charge is -2.20. The molecule has 0 bridgehead atoms. The summed E-state index contributed by atoms with van der Waals surface area (Å²) in [4.78, 5) is 10.6. The summed E-state index contributed by atoms with van der Waals surface area (Å²) in [5, 5.41) is 8.99. The molecule has 0 heterocycles. The molecule has 19 heavy (non-hydrogen) atoms. The van der Waals surface area contributed by atoms with Gasteiger partial charge in [-0.3, -0.25) is 0 Å². The van der Waals surface area contributed by atoms with E-state index in [1.54, 1.807) is 0 Å². The Balaban J connectivity index is 3.65. The Hall–Kier alpha value is -0.580. The Bertz CT molecular complexity index is 229. The predicted octanol–water partition coefficient (Wildman–Crippen LogP) is 4.26. The van der Waals surface area contributed by atoms with E-state index < -0.39 is 18.2 Å². The van der Waals surface area contributed by atoms with Crippen LogP contribution in [0, 0.1) is 5.92 Å². The number of unbranched alkanes of at least 4 members (excludes halogenated alkanes) is 7. The fourth-order valence-corrected chi connectivity index (χ4v) is 2.06. The van der Waals surface area contributed by atoms with Gasteiger partial charge in [-0.25, -0.2) is 0 Å². The van der Waals surface area contributed by atoms with Gasteiger partial charge in [-0.15, -0.1) is 0 Å². The van der Waals surface area contributed by atoms with Crippen LogP contribution in [0.1, 0.15) is 64.7 Å². The second-order valence-corrected chi connectivity index (χ2v) is 5.05. The average Bonchev–Trinajstić information content (AvgIpc) is 2.35. The minimum atomic E-state index is -4.70. The van der Waals surface area contributed by atoms with Gasteiger partial charge in [0.1, 0.15) is 6.29 Å². The first-order valence-corrected chi connectivity index (χ1v) is 7.13. The highest BCUT2D eigenvalue weighted by atomic mass is 19.4. The lowest BCUT2D eigenvalue weighted by Crippen LogP contribution is -2.36. The molecule has 0 rings (SSSR count). The summed E-state index contributed by atoms with van der Waals surface area (Å²) in [7, 11) is 0. The lowest BCUT2D eigenvalue weighted by molar-refractivity contribution is -0.217. The maximum absolute atomic E-state index is 12.2. The van der Waals surface area contributed by atoms with Crippen molar-refractivity contribution < 1.29 is 23.1 Å². The van der Waals surface area contributed by atoms with Gasteiger partial charge >= 0.3 is 6.18 Å². The number of aliphatic hydroxyl groups is 1. The molecule has 0 aliphatic heterocycles. The van der Waals surface area contributed by atoms with Crippen LogP contribution in [0.3, 0.4) is 0 Å². The van der Waals surface area contributed by atoms with Crippen LogP contribution in [0.5, 0.6) is 0 Å². The molecule has 0 aromatic rings. The molecule has 2 unspecified atom stereocenters. The third kappa shape index (κ3) is 9.03. The van der Waals surface area contributed by atoms with Gasteiger partial charge in [-0.1, -0.05) is 58.3 Å². The van der Waals surface area contributed by atoms with Gasteiger partial charge < -0.3 is 9.90 Å². The first kappa shape index (κ1) is 18.4. The quantitative estimate of drug-likeness (QED) is 0.454. The minimum absolute atomic E-state index is 0.110. The minimum Gasteiger partial charge on any atom is -0.383 e. The summed E-state index contributed by atoms with van der Waals surface area (Å²) in [6.45, 7) is 2.14. The van der Waals surface area contributed by atoms with Crippen molar-refractivity contribution in [3.05, 3.63) is 0 Å². The van der Waals surface area contributed by atoms with E-state index in [2.05, 4.69) is 6.92 Å². The highest BCUT2D eigenvalue weighted by Crippen LogP contribution is 2.27. The zero-order valence-corrected chi connectivity index (χ0v) is 11.6. The first-order valence-electron chi connectivity index (χ1n) is 7.13. The van der Waals surface area contributed by atoms with Crippen molar-refractivity contribution in [1.82, 2.24) is 0 Å². The van der Waals surface area contributed by atoms with Crippen molar-refractivity contribution in [2.24, 2.45) is 5.92 Å². The van der Waals surface area contributed by atoms with Gasteiger partial charge in [0.2, 0.25) is 0 Å². The Labute approximate surface area is 113 Å². The topological polar surface area (TPSA) is 37.3 Å². The molecule has 0 aliphatic rings. The van der Waals surface area contributed by atoms with Crippen molar-refractivity contribution in [2.75, 3.05) is 0 Å². The first-order chi connectivity index (χ1) is 8.93. The molecule has 0 aromatic heterocycles. The lowest BCUT2D eigenvalue weighted by atomic mass is 9.96. The molecule has 0 aromatic carbocycles. The molecule has 114 valence electrons. The van der Waals surface area contributed by atoms with Crippen LogP contribution in [0.2, 0.25) is 0 Å². The number of aliphatic hydroxyl groups excluding tert-OH is 1. The van der Waals surface area contributed by atoms with Crippen LogP contribution in [0.25, 0.3) is 0 Å². The van der Waals surface area contributed by atoms with E-state index in [0.717, 1.165) is 25.7 Å². The maximum Gasteiger partial charge on any atom is 0.415 e. The van der Waals surface area contributed by atoms with E-state index in [1.807, 2.05) is 0 Å². The molecular formula is C14H25F3O2. The zero-order chi connectivity index (χ0) is 14.7. The van der Waals surface area contributed by atoms with Crippen LogP contribution < -0.4 is 0 Å². The highest BCUT2D eigenvalue weighted by Gasteiger charge is 2.43. The number of rotatable bonds is 11. The number of carbonyl (C=O) groups is 1. The Kier molecular flexibility index (Phi) is 9.92. The third-order valence-electron chi connectivity index (χ3n) is 3.31. The van der Waals surface area contributed by atoms with Crippen molar-refractivity contribution in [1.29, 1.82) is 0 Å². The fourth-order valence-electron chi connectivity index (χ4n) is 2.06. The molecule has 2 atom stereocenters. The number of halogens is 3. The van der Waals surface area contributed by atoms with E-state index in [9.17, 15) is 18.0 Å². The van der Waals surface area contributed by atoms with E-state index in [4.69, 9.17) is 5.11 Å². The van der Waals surface area contributed by atoms with Crippen LogP contribution in [0.15, 0.2) is 0 Å². The van der Waals surface area contributed by atoms with Gasteiger partial charge in [0, 0.05) is 5.92 Å². The molecule has 0 spiro atoms. The van der Waals surface area contributed by atoms with Crippen molar-refractivity contribution >= 4 is 6.29 Å². The van der Waals surface area contributed by atoms with Gasteiger partial charge in [-0.2, -0.15) is 13.2 Å². The Morgan fingerprint density at radius 3 is 1.89 bits per heavy atom. The number of hydrogen-bond donors (Lipinski definition) is 1. The van der Waals surface area contributed by atoms with Gasteiger partial charge in [0.25, 0.3) is 0 Å². The molecule has 2 nitrogen and oxygen atoms in total. The number of aldehydes is 1. The zero-order valence-electron chi connectivity index (χ0n) is 11.6. The highest BCUT2D eigenvalue weighted by molar-refractivity contribution is 5.54. The molecule has 0 aliphatic carbocycles. The number of hydrogen-bond acceptors (Lipinski definition) is 2. The van der Waals surface area contributed by atoms with E-state index >= 15 is 0 Å². The number of alkyl halides is 3. The second-order valence-electron chi connectivity index (χ2n) is 5.05. The van der Waals surface area contributed by atoms with Crippen LogP contribution in [0.4, 0.5) is 13.2 Å². The number of carbonyl (C=O) groups excluding carboxylic acids is 1. The van der Waals surface area contributed by atoms with Gasteiger partial charge in [0.05, 0.1) is 0 Å². The van der Waals surface area contributed by atoms with Gasteiger partial charge in [0.15, 0.2) is 6.10 Å². The molecule has 0 amide bonds. The normalized spacial score (nSPS) is 15.2. The van der Waals surface area contributed by atoms with Crippen molar-refractivity contribution in [3.8, 4) is 0 Å². The summed E-state index contributed by atoms with van der Waals surface area (Å²) in [6, 6.07) is 0. The summed E-state index contributed by atoms with van der Waals surface area (Å²) in [5.74, 6) is -1.32.